The fourth-order valence-electron chi connectivity index (χ4n) is 2.01. The molecule has 1 fully saturated rings. The van der Waals surface area contributed by atoms with Crippen molar-refractivity contribution in [2.24, 2.45) is 11.1 Å². The van der Waals surface area contributed by atoms with Crippen LogP contribution < -0.4 is 5.73 Å². The van der Waals surface area contributed by atoms with E-state index in [1.165, 1.54) is 0 Å². The highest BCUT2D eigenvalue weighted by molar-refractivity contribution is 4.89. The molecule has 0 aromatic heterocycles. The van der Waals surface area contributed by atoms with Crippen molar-refractivity contribution in [1.82, 2.24) is 4.90 Å². The summed E-state index contributed by atoms with van der Waals surface area (Å²) in [4.78, 5) is 2.41. The van der Waals surface area contributed by atoms with Crippen molar-refractivity contribution in [3.05, 3.63) is 0 Å². The molecular formula is C9H20N2O. The smallest absolute Gasteiger partial charge is 0.0437 e. The Morgan fingerprint density at radius 3 is 2.75 bits per heavy atom. The zero-order valence-corrected chi connectivity index (χ0v) is 7.92. The van der Waals surface area contributed by atoms with E-state index in [2.05, 4.69) is 11.8 Å². The van der Waals surface area contributed by atoms with Crippen molar-refractivity contribution in [2.45, 2.75) is 19.8 Å². The second kappa shape index (κ2) is 4.21. The van der Waals surface area contributed by atoms with Crippen molar-refractivity contribution >= 4 is 0 Å². The summed E-state index contributed by atoms with van der Waals surface area (Å²) in [5.41, 5.74) is 5.95. The van der Waals surface area contributed by atoms with E-state index in [1.54, 1.807) is 0 Å². The molecule has 0 saturated carbocycles. The van der Waals surface area contributed by atoms with Gasteiger partial charge in [-0.25, -0.2) is 0 Å². The molecule has 0 bridgehead atoms. The van der Waals surface area contributed by atoms with Crippen molar-refractivity contribution < 1.29 is 5.11 Å². The van der Waals surface area contributed by atoms with Gasteiger partial charge in [0.25, 0.3) is 0 Å². The summed E-state index contributed by atoms with van der Waals surface area (Å²) >= 11 is 0. The van der Waals surface area contributed by atoms with Crippen LogP contribution in [-0.2, 0) is 0 Å². The molecule has 0 spiro atoms. The molecule has 1 aliphatic rings. The molecule has 3 nitrogen and oxygen atoms in total. The van der Waals surface area contributed by atoms with E-state index in [-0.39, 0.29) is 12.0 Å². The summed E-state index contributed by atoms with van der Waals surface area (Å²) in [5.74, 6) is 0. The summed E-state index contributed by atoms with van der Waals surface area (Å²) in [5, 5.41) is 8.91. The Morgan fingerprint density at radius 1 is 1.58 bits per heavy atom. The van der Waals surface area contributed by atoms with Crippen molar-refractivity contribution in [3.8, 4) is 0 Å². The number of aliphatic hydroxyl groups excluding tert-OH is 1. The summed E-state index contributed by atoms with van der Waals surface area (Å²) < 4.78 is 0. The summed E-state index contributed by atoms with van der Waals surface area (Å²) in [7, 11) is 0. The van der Waals surface area contributed by atoms with E-state index in [9.17, 15) is 0 Å². The lowest BCUT2D eigenvalue weighted by molar-refractivity contribution is 0.185. The molecule has 0 aromatic carbocycles. The van der Waals surface area contributed by atoms with Crippen molar-refractivity contribution in [1.29, 1.82) is 0 Å². The second-order valence-electron chi connectivity index (χ2n) is 3.80. The first-order chi connectivity index (χ1) is 5.76. The average Bonchev–Trinajstić information content (AvgIpc) is 2.50. The molecule has 3 heteroatoms. The minimum Gasteiger partial charge on any atom is -0.396 e. The largest absolute Gasteiger partial charge is 0.396 e. The quantitative estimate of drug-likeness (QED) is 0.629. The molecule has 12 heavy (non-hydrogen) atoms. The summed E-state index contributed by atoms with van der Waals surface area (Å²) in [6.45, 7) is 6.48. The van der Waals surface area contributed by atoms with E-state index in [1.807, 2.05) is 0 Å². The molecule has 1 atom stereocenters. The van der Waals surface area contributed by atoms with Crippen LogP contribution in [-0.4, -0.2) is 42.8 Å². The molecule has 1 aliphatic heterocycles. The zero-order valence-electron chi connectivity index (χ0n) is 7.92. The first-order valence-corrected chi connectivity index (χ1v) is 4.79. The fourth-order valence-corrected chi connectivity index (χ4v) is 2.01. The van der Waals surface area contributed by atoms with Gasteiger partial charge >= 0.3 is 0 Å². The Hall–Kier alpha value is -0.120. The molecular weight excluding hydrogens is 152 g/mol. The van der Waals surface area contributed by atoms with Gasteiger partial charge in [-0.05, 0) is 37.9 Å². The number of hydrogen-bond donors (Lipinski definition) is 2. The van der Waals surface area contributed by atoms with E-state index in [4.69, 9.17) is 10.8 Å². The van der Waals surface area contributed by atoms with Gasteiger partial charge in [0.1, 0.15) is 0 Å². The van der Waals surface area contributed by atoms with Crippen LogP contribution in [0.3, 0.4) is 0 Å². The van der Waals surface area contributed by atoms with Gasteiger partial charge < -0.3 is 15.7 Å². The minimum absolute atomic E-state index is 0.213. The number of aliphatic hydroxyl groups is 1. The van der Waals surface area contributed by atoms with E-state index >= 15 is 0 Å². The predicted octanol–water partition coefficient (Wildman–Crippen LogP) is 0.0395. The van der Waals surface area contributed by atoms with Crippen LogP contribution in [0.15, 0.2) is 0 Å². The van der Waals surface area contributed by atoms with Gasteiger partial charge in [0.2, 0.25) is 0 Å². The molecule has 0 aliphatic carbocycles. The average molecular weight is 172 g/mol. The highest BCUT2D eigenvalue weighted by Gasteiger charge is 2.35. The van der Waals surface area contributed by atoms with Crippen molar-refractivity contribution in [2.75, 3.05) is 32.8 Å². The lowest BCUT2D eigenvalue weighted by Crippen LogP contribution is -2.34. The summed E-state index contributed by atoms with van der Waals surface area (Å²) in [6, 6.07) is 0. The lowest BCUT2D eigenvalue weighted by Gasteiger charge is -2.26. The monoisotopic (exact) mass is 172 g/mol. The summed E-state index contributed by atoms with van der Waals surface area (Å²) in [6.07, 6.45) is 2.01. The molecule has 1 unspecified atom stereocenters. The van der Waals surface area contributed by atoms with E-state index in [0.717, 1.165) is 32.5 Å². The van der Waals surface area contributed by atoms with Crippen LogP contribution in [0.1, 0.15) is 19.8 Å². The highest BCUT2D eigenvalue weighted by atomic mass is 16.3. The maximum Gasteiger partial charge on any atom is 0.0437 e. The van der Waals surface area contributed by atoms with Crippen LogP contribution >= 0.6 is 0 Å². The molecule has 72 valence electrons. The Morgan fingerprint density at radius 2 is 2.33 bits per heavy atom. The molecule has 0 aromatic rings. The van der Waals surface area contributed by atoms with Gasteiger partial charge in [0.15, 0.2) is 0 Å². The molecule has 1 saturated heterocycles. The number of nitrogens with zero attached hydrogens (tertiary/aromatic N) is 1. The molecule has 0 radical (unpaired) electrons. The van der Waals surface area contributed by atoms with Crippen LogP contribution in [0.4, 0.5) is 0 Å². The van der Waals surface area contributed by atoms with E-state index < -0.39 is 0 Å². The second-order valence-corrected chi connectivity index (χ2v) is 3.80. The fraction of sp³-hybridized carbons (Fsp3) is 1.00. The Labute approximate surface area is 74.5 Å². The van der Waals surface area contributed by atoms with Gasteiger partial charge in [-0.2, -0.15) is 0 Å². The third-order valence-electron chi connectivity index (χ3n) is 3.04. The molecule has 1 rings (SSSR count). The van der Waals surface area contributed by atoms with Crippen LogP contribution in [0, 0.1) is 5.41 Å². The molecule has 1 heterocycles. The number of rotatable bonds is 4. The highest BCUT2D eigenvalue weighted by Crippen LogP contribution is 2.32. The van der Waals surface area contributed by atoms with Crippen LogP contribution in [0.25, 0.3) is 0 Å². The van der Waals surface area contributed by atoms with Gasteiger partial charge in [0, 0.05) is 13.2 Å². The first-order valence-electron chi connectivity index (χ1n) is 4.79. The standard InChI is InChI=1S/C9H20N2O/c1-2-11-5-3-9(7-10,8-11)4-6-12/h12H,2-8,10H2,1H3. The van der Waals surface area contributed by atoms with Crippen LogP contribution in [0.5, 0.6) is 0 Å². The van der Waals surface area contributed by atoms with Gasteiger partial charge in [0.05, 0.1) is 0 Å². The Bertz CT molecular complexity index is 140. The number of hydrogen-bond acceptors (Lipinski definition) is 3. The maximum absolute atomic E-state index is 8.91. The Balaban J connectivity index is 2.47. The minimum atomic E-state index is 0.213. The van der Waals surface area contributed by atoms with E-state index in [0.29, 0.717) is 6.54 Å². The molecule has 0 amide bonds. The Kier molecular flexibility index (Phi) is 3.50. The molecule has 3 N–H and O–H groups in total. The SMILES string of the molecule is CCN1CCC(CN)(CCO)C1. The first kappa shape index (κ1) is 9.96. The lowest BCUT2D eigenvalue weighted by atomic mass is 9.84. The van der Waals surface area contributed by atoms with Gasteiger partial charge in [-0.15, -0.1) is 0 Å². The van der Waals surface area contributed by atoms with Crippen LogP contribution in [0.2, 0.25) is 0 Å². The third kappa shape index (κ3) is 1.97. The van der Waals surface area contributed by atoms with Gasteiger partial charge in [-0.3, -0.25) is 0 Å². The normalized spacial score (nSPS) is 31.2. The topological polar surface area (TPSA) is 49.5 Å². The van der Waals surface area contributed by atoms with Gasteiger partial charge in [-0.1, -0.05) is 6.92 Å². The van der Waals surface area contributed by atoms with Crippen molar-refractivity contribution in [3.63, 3.8) is 0 Å². The number of likely N-dealkylation sites (tertiary alicyclic amines) is 1. The zero-order chi connectivity index (χ0) is 9.03. The third-order valence-corrected chi connectivity index (χ3v) is 3.04. The maximum atomic E-state index is 8.91. The number of nitrogens with two attached hydrogens (primary N) is 1. The predicted molar refractivity (Wildman–Crippen MR) is 49.9 cm³/mol.